The van der Waals surface area contributed by atoms with Gasteiger partial charge in [-0.3, -0.25) is 0 Å². The molecule has 5 rings (SSSR count). The molecule has 3 aliphatic rings. The van der Waals surface area contributed by atoms with Gasteiger partial charge in [-0.2, -0.15) is 0 Å². The topological polar surface area (TPSA) is 21.6 Å². The second kappa shape index (κ2) is 14.9. The molecule has 2 aliphatic carbocycles. The molecule has 202 valence electrons. The molecule has 2 unspecified atom stereocenters. The fourth-order valence-corrected chi connectivity index (χ4v) is 8.41. The van der Waals surface area contributed by atoms with Gasteiger partial charge in [0, 0.05) is 16.5 Å². The molecule has 1 heterocycles. The van der Waals surface area contributed by atoms with E-state index in [1.54, 1.807) is 12.7 Å². The van der Waals surface area contributed by atoms with Gasteiger partial charge in [0.25, 0.3) is 0 Å². The van der Waals surface area contributed by atoms with E-state index in [4.69, 9.17) is 9.73 Å². The molecule has 0 saturated heterocycles. The summed E-state index contributed by atoms with van der Waals surface area (Å²) >= 11 is 0.375. The number of ether oxygens (including phenoxy) is 1. The standard InChI is InChI=1S/C34H39NOSe.Ni/c1-36-33-25-28(21-22-30(33)26-15-9-4-2-5-10-16-26)31-23-24-32(35-31)34(37-29-19-13-8-14-20-29)27-17-11-6-3-7-12-18-27;/h2-4,6,8,13-14,16,18-22,25,32,34H,5,7,9-12,15,17,23-24H2,1H3;. The molecule has 2 aromatic rings. The molecule has 38 heavy (non-hydrogen) atoms. The Morgan fingerprint density at radius 3 is 2.34 bits per heavy atom. The summed E-state index contributed by atoms with van der Waals surface area (Å²) in [5.41, 5.74) is 6.78. The van der Waals surface area contributed by atoms with Crippen LogP contribution in [-0.2, 0) is 16.5 Å². The molecule has 0 aromatic heterocycles. The average molecular weight is 615 g/mol. The third kappa shape index (κ3) is 7.50. The second-order valence-corrected chi connectivity index (χ2v) is 12.7. The second-order valence-electron chi connectivity index (χ2n) is 10.1. The molecule has 0 amide bonds. The normalized spacial score (nSPS) is 20.6. The van der Waals surface area contributed by atoms with E-state index in [1.807, 2.05) is 0 Å². The molecule has 2 aromatic carbocycles. The smallest absolute Gasteiger partial charge is 0 e. The van der Waals surface area contributed by atoms with Gasteiger partial charge in [0.2, 0.25) is 0 Å². The molecule has 0 spiro atoms. The van der Waals surface area contributed by atoms with Crippen molar-refractivity contribution >= 4 is 30.7 Å². The Balaban J connectivity index is 0.00000336. The van der Waals surface area contributed by atoms with Crippen LogP contribution in [-0.4, -0.2) is 33.8 Å². The van der Waals surface area contributed by atoms with E-state index < -0.39 is 0 Å². The van der Waals surface area contributed by atoms with Crippen molar-refractivity contribution < 1.29 is 21.2 Å². The summed E-state index contributed by atoms with van der Waals surface area (Å²) in [6.45, 7) is 0. The number of aliphatic imine (C=N–C) groups is 1. The zero-order chi connectivity index (χ0) is 25.3. The quantitative estimate of drug-likeness (QED) is 0.228. The Kier molecular flexibility index (Phi) is 11.3. The Labute approximate surface area is 245 Å². The maximum absolute atomic E-state index is 5.92. The number of rotatable bonds is 7. The van der Waals surface area contributed by atoms with Crippen LogP contribution in [0.1, 0.15) is 75.3 Å². The van der Waals surface area contributed by atoms with Crippen LogP contribution in [0.15, 0.2) is 95.6 Å². The fraction of sp³-hybridized carbons (Fsp3) is 0.382. The van der Waals surface area contributed by atoms with Gasteiger partial charge < -0.3 is 0 Å². The van der Waals surface area contributed by atoms with Crippen LogP contribution >= 0.6 is 0 Å². The summed E-state index contributed by atoms with van der Waals surface area (Å²) < 4.78 is 7.40. The van der Waals surface area contributed by atoms with Crippen molar-refractivity contribution in [2.24, 2.45) is 4.99 Å². The van der Waals surface area contributed by atoms with Gasteiger partial charge in [-0.05, 0) is 0 Å². The van der Waals surface area contributed by atoms with E-state index in [1.165, 1.54) is 33.3 Å². The van der Waals surface area contributed by atoms with Crippen molar-refractivity contribution in [3.63, 3.8) is 0 Å². The molecule has 2 nitrogen and oxygen atoms in total. The maximum Gasteiger partial charge on any atom is 0 e. The zero-order valence-electron chi connectivity index (χ0n) is 22.4. The number of methoxy groups -OCH3 is 1. The van der Waals surface area contributed by atoms with Crippen LogP contribution in [0.2, 0.25) is 4.82 Å². The minimum atomic E-state index is 0. The predicted octanol–water partition coefficient (Wildman–Crippen LogP) is 8.03. The summed E-state index contributed by atoms with van der Waals surface area (Å²) in [6, 6.07) is 18.3. The van der Waals surface area contributed by atoms with Crippen molar-refractivity contribution in [2.45, 2.75) is 75.1 Å². The van der Waals surface area contributed by atoms with Crippen LogP contribution in [0.4, 0.5) is 0 Å². The minimum Gasteiger partial charge on any atom is 0 e. The number of hydrogen-bond donors (Lipinski definition) is 0. The number of allylic oxidation sites excluding steroid dienone is 7. The van der Waals surface area contributed by atoms with Crippen LogP contribution < -0.4 is 9.20 Å². The predicted molar refractivity (Wildman–Crippen MR) is 159 cm³/mol. The fourth-order valence-electron chi connectivity index (χ4n) is 5.62. The van der Waals surface area contributed by atoms with Crippen LogP contribution in [0.3, 0.4) is 0 Å². The van der Waals surface area contributed by atoms with E-state index in [-0.39, 0.29) is 16.5 Å². The van der Waals surface area contributed by atoms with Crippen LogP contribution in [0, 0.1) is 0 Å². The first-order valence-corrected chi connectivity index (χ1v) is 15.8. The van der Waals surface area contributed by atoms with Gasteiger partial charge in [0.1, 0.15) is 0 Å². The van der Waals surface area contributed by atoms with Gasteiger partial charge in [0.15, 0.2) is 0 Å². The van der Waals surface area contributed by atoms with Gasteiger partial charge in [-0.25, -0.2) is 0 Å². The summed E-state index contributed by atoms with van der Waals surface area (Å²) in [5.74, 6) is 0.985. The third-order valence-electron chi connectivity index (χ3n) is 7.58. The molecule has 0 saturated carbocycles. The van der Waals surface area contributed by atoms with E-state index in [2.05, 4.69) is 85.0 Å². The Morgan fingerprint density at radius 1 is 0.816 bits per heavy atom. The summed E-state index contributed by atoms with van der Waals surface area (Å²) in [4.78, 5) is 5.96. The minimum absolute atomic E-state index is 0. The molecule has 4 heteroatoms. The molecule has 0 fully saturated rings. The SMILES string of the molecule is COc1cc(C2=NC(C([Se]c3ccccc3)C3=CCCC=CCC3)CC2)ccc1C1=CCCC=CCC1.[Ni]. The molecular formula is C34H39NNiOSe. The van der Waals surface area contributed by atoms with E-state index in [0.29, 0.717) is 25.8 Å². The zero-order valence-corrected chi connectivity index (χ0v) is 25.1. The van der Waals surface area contributed by atoms with Gasteiger partial charge in [-0.15, -0.1) is 0 Å². The third-order valence-corrected chi connectivity index (χ3v) is 10.5. The van der Waals surface area contributed by atoms with E-state index in [0.717, 1.165) is 63.5 Å². The Hall–Kier alpha value is -2.12. The van der Waals surface area contributed by atoms with Gasteiger partial charge in [-0.1, -0.05) is 6.08 Å². The first-order chi connectivity index (χ1) is 18.3. The molecule has 2 atom stereocenters. The van der Waals surface area contributed by atoms with Gasteiger partial charge >= 0.3 is 224 Å². The van der Waals surface area contributed by atoms with Crippen molar-refractivity contribution in [3.8, 4) is 5.75 Å². The largest absolute Gasteiger partial charge is 0 e. The van der Waals surface area contributed by atoms with Crippen LogP contribution in [0.25, 0.3) is 5.57 Å². The molecule has 0 bridgehead atoms. The van der Waals surface area contributed by atoms with Crippen molar-refractivity contribution in [1.82, 2.24) is 0 Å². The molecule has 0 N–H and O–H groups in total. The summed E-state index contributed by atoms with van der Waals surface area (Å²) in [7, 11) is 1.80. The molecular weight excluding hydrogens is 576 g/mol. The van der Waals surface area contributed by atoms with Crippen molar-refractivity contribution in [2.75, 3.05) is 7.11 Å². The van der Waals surface area contributed by atoms with Gasteiger partial charge in [0.05, 0.1) is 0 Å². The number of nitrogens with zero attached hydrogens (tertiary/aromatic N) is 1. The molecule has 1 aliphatic heterocycles. The van der Waals surface area contributed by atoms with Crippen molar-refractivity contribution in [1.29, 1.82) is 0 Å². The number of hydrogen-bond acceptors (Lipinski definition) is 2. The van der Waals surface area contributed by atoms with E-state index >= 15 is 0 Å². The Morgan fingerprint density at radius 2 is 1.55 bits per heavy atom. The first-order valence-electron chi connectivity index (χ1n) is 14.0. The van der Waals surface area contributed by atoms with Crippen LogP contribution in [0.5, 0.6) is 5.75 Å². The molecule has 0 radical (unpaired) electrons. The monoisotopic (exact) mass is 615 g/mol. The summed E-state index contributed by atoms with van der Waals surface area (Å²) in [6.07, 6.45) is 25.5. The Bertz CT molecular complexity index is 1210. The van der Waals surface area contributed by atoms with Crippen molar-refractivity contribution in [3.05, 3.63) is 102 Å². The average Bonchev–Trinajstić information content (AvgIpc) is 3.38. The summed E-state index contributed by atoms with van der Waals surface area (Å²) in [5, 5.41) is 0. The van der Waals surface area contributed by atoms with E-state index in [9.17, 15) is 0 Å². The number of benzene rings is 2. The maximum atomic E-state index is 5.92. The first kappa shape index (κ1) is 28.9.